The largest absolute Gasteiger partial charge is 0.490 e. The smallest absolute Gasteiger partial charge is 0.270 e. The highest BCUT2D eigenvalue weighted by atomic mass is 35.5. The lowest BCUT2D eigenvalue weighted by molar-refractivity contribution is -0.113. The van der Waals surface area contributed by atoms with Crippen molar-refractivity contribution in [3.05, 3.63) is 86.7 Å². The van der Waals surface area contributed by atoms with E-state index >= 15 is 0 Å². The van der Waals surface area contributed by atoms with Crippen LogP contribution in [0.4, 0.5) is 5.69 Å². The average molecular weight is 563 g/mol. The van der Waals surface area contributed by atoms with E-state index in [0.717, 1.165) is 21.7 Å². The van der Waals surface area contributed by atoms with Crippen LogP contribution in [0.3, 0.4) is 0 Å². The van der Waals surface area contributed by atoms with Gasteiger partial charge in [0.1, 0.15) is 6.61 Å². The summed E-state index contributed by atoms with van der Waals surface area (Å²) in [6, 6.07) is 18.7. The Kier molecular flexibility index (Phi) is 8.68. The maximum atomic E-state index is 13.2. The van der Waals surface area contributed by atoms with Crippen molar-refractivity contribution in [2.24, 2.45) is 0 Å². The molecular formula is C26H21Cl2NO3S3. The summed E-state index contributed by atoms with van der Waals surface area (Å²) in [4.78, 5) is 16.3. The Hall–Kier alpha value is -2.16. The van der Waals surface area contributed by atoms with E-state index in [1.807, 2.05) is 67.8 Å². The Morgan fingerprint density at radius 1 is 1.09 bits per heavy atom. The molecule has 4 nitrogen and oxygen atoms in total. The molecule has 180 valence electrons. The monoisotopic (exact) mass is 561 g/mol. The standard InChI is InChI=1S/C26H21Cl2NO3S3/c1-3-31-22-12-17(11-21(28)24(22)32-15-16-7-9-18(27)10-8-16)13-23-25(30)29(26(33)35-23)19-5-4-6-20(14-19)34-2/h4-14H,3,15H2,1-2H3/b23-13+. The Morgan fingerprint density at radius 3 is 2.57 bits per heavy atom. The molecule has 9 heteroatoms. The predicted molar refractivity (Wildman–Crippen MR) is 152 cm³/mol. The summed E-state index contributed by atoms with van der Waals surface area (Å²) >= 11 is 20.9. The quantitative estimate of drug-likeness (QED) is 0.157. The van der Waals surface area contributed by atoms with Crippen molar-refractivity contribution in [2.45, 2.75) is 18.4 Å². The molecule has 0 aliphatic carbocycles. The average Bonchev–Trinajstić information content (AvgIpc) is 3.12. The summed E-state index contributed by atoms with van der Waals surface area (Å²) in [6.07, 6.45) is 3.76. The molecule has 1 fully saturated rings. The van der Waals surface area contributed by atoms with Gasteiger partial charge in [-0.15, -0.1) is 11.8 Å². The topological polar surface area (TPSA) is 38.8 Å². The third-order valence-corrected chi connectivity index (χ3v) is 7.59. The van der Waals surface area contributed by atoms with Crippen LogP contribution >= 0.6 is 58.9 Å². The van der Waals surface area contributed by atoms with Gasteiger partial charge in [-0.05, 0) is 72.8 Å². The van der Waals surface area contributed by atoms with E-state index in [9.17, 15) is 4.79 Å². The van der Waals surface area contributed by atoms with Crippen molar-refractivity contribution in [3.63, 3.8) is 0 Å². The lowest BCUT2D eigenvalue weighted by atomic mass is 10.1. The van der Waals surface area contributed by atoms with Crippen molar-refractivity contribution >= 4 is 80.9 Å². The predicted octanol–water partition coefficient (Wildman–Crippen LogP) is 8.10. The minimum atomic E-state index is -0.171. The fourth-order valence-corrected chi connectivity index (χ4v) is 5.55. The number of hydrogen-bond donors (Lipinski definition) is 0. The maximum absolute atomic E-state index is 13.2. The molecule has 4 rings (SSSR count). The van der Waals surface area contributed by atoms with Gasteiger partial charge in [0.05, 0.1) is 22.2 Å². The molecule has 0 aromatic heterocycles. The van der Waals surface area contributed by atoms with E-state index in [1.54, 1.807) is 28.8 Å². The summed E-state index contributed by atoms with van der Waals surface area (Å²) < 4.78 is 12.3. The normalized spacial score (nSPS) is 14.6. The number of amides is 1. The number of thiocarbonyl (C=S) groups is 1. The lowest BCUT2D eigenvalue weighted by Crippen LogP contribution is -2.27. The van der Waals surface area contributed by atoms with E-state index in [0.29, 0.717) is 44.0 Å². The minimum absolute atomic E-state index is 0.171. The third-order valence-electron chi connectivity index (χ3n) is 5.03. The number of ether oxygens (including phenoxy) is 2. The Labute approximate surface area is 228 Å². The zero-order chi connectivity index (χ0) is 24.9. The SMILES string of the molecule is CCOc1cc(/C=C2/SC(=S)N(c3cccc(SC)c3)C2=O)cc(Cl)c1OCc1ccc(Cl)cc1. The van der Waals surface area contributed by atoms with Crippen LogP contribution in [-0.2, 0) is 11.4 Å². The van der Waals surface area contributed by atoms with Crippen LogP contribution in [0.25, 0.3) is 6.08 Å². The molecule has 0 saturated carbocycles. The molecule has 1 aliphatic rings. The fourth-order valence-electron chi connectivity index (χ4n) is 3.40. The second kappa shape index (κ2) is 11.7. The number of carbonyl (C=O) groups excluding carboxylic acids is 1. The molecule has 1 saturated heterocycles. The number of halogens is 2. The molecule has 1 heterocycles. The number of benzene rings is 3. The van der Waals surface area contributed by atoms with Gasteiger partial charge in [0.25, 0.3) is 5.91 Å². The summed E-state index contributed by atoms with van der Waals surface area (Å²) in [6.45, 7) is 2.63. The van der Waals surface area contributed by atoms with Crippen LogP contribution in [0.5, 0.6) is 11.5 Å². The van der Waals surface area contributed by atoms with Gasteiger partial charge in [-0.3, -0.25) is 9.69 Å². The first-order valence-electron chi connectivity index (χ1n) is 10.6. The fraction of sp³-hybridized carbons (Fsp3) is 0.154. The second-order valence-electron chi connectivity index (χ2n) is 7.40. The summed E-state index contributed by atoms with van der Waals surface area (Å²) in [7, 11) is 0. The third kappa shape index (κ3) is 6.16. The number of nitrogens with zero attached hydrogens (tertiary/aromatic N) is 1. The Morgan fingerprint density at radius 2 is 1.86 bits per heavy atom. The molecule has 0 bridgehead atoms. The van der Waals surface area contributed by atoms with Crippen molar-refractivity contribution in [3.8, 4) is 11.5 Å². The van der Waals surface area contributed by atoms with E-state index in [2.05, 4.69) is 0 Å². The number of carbonyl (C=O) groups is 1. The summed E-state index contributed by atoms with van der Waals surface area (Å²) in [5.74, 6) is 0.779. The highest BCUT2D eigenvalue weighted by Gasteiger charge is 2.33. The molecule has 0 unspecified atom stereocenters. The van der Waals surface area contributed by atoms with Crippen molar-refractivity contribution < 1.29 is 14.3 Å². The zero-order valence-electron chi connectivity index (χ0n) is 18.9. The van der Waals surface area contributed by atoms with E-state index in [4.69, 9.17) is 44.9 Å². The van der Waals surface area contributed by atoms with Crippen molar-refractivity contribution in [1.82, 2.24) is 0 Å². The molecule has 3 aromatic rings. The lowest BCUT2D eigenvalue weighted by Gasteiger charge is -2.15. The van der Waals surface area contributed by atoms with Gasteiger partial charge in [0.15, 0.2) is 15.8 Å². The summed E-state index contributed by atoms with van der Waals surface area (Å²) in [5, 5.41) is 1.05. The molecular weight excluding hydrogens is 541 g/mol. The van der Waals surface area contributed by atoms with Crippen LogP contribution in [0.1, 0.15) is 18.1 Å². The number of hydrogen-bond acceptors (Lipinski definition) is 6. The molecule has 0 radical (unpaired) electrons. The minimum Gasteiger partial charge on any atom is -0.490 e. The van der Waals surface area contributed by atoms with Gasteiger partial charge in [-0.25, -0.2) is 0 Å². The van der Waals surface area contributed by atoms with Crippen LogP contribution in [-0.4, -0.2) is 23.1 Å². The van der Waals surface area contributed by atoms with Crippen LogP contribution in [0.15, 0.2) is 70.5 Å². The number of thioether (sulfide) groups is 2. The number of anilines is 1. The molecule has 0 atom stereocenters. The molecule has 35 heavy (non-hydrogen) atoms. The van der Waals surface area contributed by atoms with Crippen LogP contribution in [0.2, 0.25) is 10.0 Å². The molecule has 1 aliphatic heterocycles. The van der Waals surface area contributed by atoms with E-state index < -0.39 is 0 Å². The van der Waals surface area contributed by atoms with E-state index in [1.165, 1.54) is 11.8 Å². The van der Waals surface area contributed by atoms with Gasteiger partial charge in [-0.2, -0.15) is 0 Å². The van der Waals surface area contributed by atoms with Gasteiger partial charge < -0.3 is 9.47 Å². The van der Waals surface area contributed by atoms with Crippen molar-refractivity contribution in [2.75, 3.05) is 17.8 Å². The van der Waals surface area contributed by atoms with Gasteiger partial charge in [-0.1, -0.05) is 65.4 Å². The molecule has 1 amide bonds. The second-order valence-corrected chi connectivity index (χ2v) is 10.8. The highest BCUT2D eigenvalue weighted by molar-refractivity contribution is 8.27. The first-order chi connectivity index (χ1) is 16.9. The first-order valence-corrected chi connectivity index (χ1v) is 13.9. The van der Waals surface area contributed by atoms with Crippen LogP contribution < -0.4 is 14.4 Å². The highest BCUT2D eigenvalue weighted by Crippen LogP contribution is 2.41. The van der Waals surface area contributed by atoms with Gasteiger partial charge >= 0.3 is 0 Å². The zero-order valence-corrected chi connectivity index (χ0v) is 22.9. The van der Waals surface area contributed by atoms with Gasteiger partial charge in [0.2, 0.25) is 0 Å². The summed E-state index contributed by atoms with van der Waals surface area (Å²) in [5.41, 5.74) is 2.42. The van der Waals surface area contributed by atoms with Crippen LogP contribution in [0, 0.1) is 0 Å². The van der Waals surface area contributed by atoms with Gasteiger partial charge in [0, 0.05) is 9.92 Å². The van der Waals surface area contributed by atoms with E-state index in [-0.39, 0.29) is 5.91 Å². The Balaban J connectivity index is 1.59. The first kappa shape index (κ1) is 25.9. The maximum Gasteiger partial charge on any atom is 0.270 e. The molecule has 3 aromatic carbocycles. The Bertz CT molecular complexity index is 1300. The molecule has 0 N–H and O–H groups in total. The molecule has 0 spiro atoms. The van der Waals surface area contributed by atoms with Crippen molar-refractivity contribution in [1.29, 1.82) is 0 Å². The number of rotatable bonds is 8.